The van der Waals surface area contributed by atoms with Crippen molar-refractivity contribution in [1.82, 2.24) is 14.7 Å². The Morgan fingerprint density at radius 3 is 2.53 bits per heavy atom. The summed E-state index contributed by atoms with van der Waals surface area (Å²) in [5.74, 6) is 1.56. The van der Waals surface area contributed by atoms with Crippen LogP contribution < -0.4 is 20.1 Å². The number of terminal acetylenes is 1. The number of rotatable bonds is 9. The monoisotopic (exact) mass is 483 g/mol. The molecular formula is C23H22FN5O4S. The van der Waals surface area contributed by atoms with Gasteiger partial charge in [0.1, 0.15) is 12.4 Å². The lowest BCUT2D eigenvalue weighted by Crippen LogP contribution is -2.30. The van der Waals surface area contributed by atoms with Gasteiger partial charge in [0.05, 0.1) is 11.1 Å². The Morgan fingerprint density at radius 1 is 1.15 bits per heavy atom. The molecule has 0 bridgehead atoms. The Labute approximate surface area is 196 Å². The van der Waals surface area contributed by atoms with Crippen LogP contribution in [0.5, 0.6) is 5.75 Å². The van der Waals surface area contributed by atoms with Crippen molar-refractivity contribution >= 4 is 39.1 Å². The highest BCUT2D eigenvalue weighted by atomic mass is 32.2. The zero-order valence-electron chi connectivity index (χ0n) is 18.4. The van der Waals surface area contributed by atoms with Crippen molar-refractivity contribution in [3.63, 3.8) is 0 Å². The summed E-state index contributed by atoms with van der Waals surface area (Å²) < 4.78 is 46.7. The molecule has 0 atom stereocenters. The second-order valence-corrected chi connectivity index (χ2v) is 8.67. The number of amides is 1. The molecule has 2 aromatic carbocycles. The van der Waals surface area contributed by atoms with Gasteiger partial charge >= 0.3 is 0 Å². The van der Waals surface area contributed by atoms with Gasteiger partial charge in [-0.15, -0.1) is 6.42 Å². The lowest BCUT2D eigenvalue weighted by Gasteiger charge is -2.13. The molecule has 1 heterocycles. The van der Waals surface area contributed by atoms with Crippen molar-refractivity contribution in [3.8, 4) is 18.1 Å². The van der Waals surface area contributed by atoms with Gasteiger partial charge in [-0.1, -0.05) is 18.9 Å². The van der Waals surface area contributed by atoms with Crippen LogP contribution in [0.2, 0.25) is 0 Å². The Kier molecular flexibility index (Phi) is 7.65. The number of sulfonamides is 1. The average molecular weight is 484 g/mol. The maximum Gasteiger partial charge on any atom is 0.264 e. The highest BCUT2D eigenvalue weighted by molar-refractivity contribution is 7.90. The van der Waals surface area contributed by atoms with Crippen LogP contribution in [0.3, 0.4) is 0 Å². The summed E-state index contributed by atoms with van der Waals surface area (Å²) in [5, 5.41) is 5.70. The molecular weight excluding hydrogens is 461 g/mol. The number of anilines is 4. The van der Waals surface area contributed by atoms with Crippen molar-refractivity contribution in [1.29, 1.82) is 0 Å². The fourth-order valence-electron chi connectivity index (χ4n) is 2.78. The molecule has 0 fully saturated rings. The number of ether oxygens (including phenoxy) is 1. The molecule has 1 amide bonds. The molecule has 9 nitrogen and oxygen atoms in total. The molecule has 3 rings (SSSR count). The molecule has 11 heteroatoms. The lowest BCUT2D eigenvalue weighted by atomic mass is 10.2. The third-order valence-electron chi connectivity index (χ3n) is 4.49. The Bertz CT molecular complexity index is 1340. The van der Waals surface area contributed by atoms with E-state index in [1.54, 1.807) is 50.2 Å². The average Bonchev–Trinajstić information content (AvgIpc) is 2.81. The number of carbonyl (C=O) groups is 1. The Hall–Kier alpha value is -4.17. The maximum absolute atomic E-state index is 14.3. The van der Waals surface area contributed by atoms with Gasteiger partial charge in [0, 0.05) is 17.8 Å². The van der Waals surface area contributed by atoms with E-state index in [1.165, 1.54) is 6.07 Å². The van der Waals surface area contributed by atoms with Crippen molar-refractivity contribution < 1.29 is 22.3 Å². The van der Waals surface area contributed by atoms with E-state index < -0.39 is 21.7 Å². The number of hydrogen-bond donors (Lipinski definition) is 3. The van der Waals surface area contributed by atoms with Gasteiger partial charge in [0.15, 0.2) is 11.6 Å². The van der Waals surface area contributed by atoms with Gasteiger partial charge in [-0.25, -0.2) is 22.5 Å². The standard InChI is InChI=1S/C23H22FN5O4S/c1-4-12-33-18-10-8-16(9-11-18)26-22-19(24)14-25-23(28-22)27-17-7-6-15(3)20(13-17)34(31,32)29-21(30)5-2/h1,6-11,13-14H,5,12H2,2-3H3,(H,29,30)(H2,25,26,27,28). The lowest BCUT2D eigenvalue weighted by molar-refractivity contribution is -0.119. The minimum Gasteiger partial charge on any atom is -0.481 e. The molecule has 3 aromatic rings. The Balaban J connectivity index is 1.80. The molecule has 1 aromatic heterocycles. The number of halogens is 1. The summed E-state index contributed by atoms with van der Waals surface area (Å²) in [4.78, 5) is 19.5. The van der Waals surface area contributed by atoms with E-state index in [0.29, 0.717) is 22.7 Å². The van der Waals surface area contributed by atoms with Crippen LogP contribution in [-0.2, 0) is 14.8 Å². The number of benzene rings is 2. The first kappa shape index (κ1) is 24.5. The molecule has 0 unspecified atom stereocenters. The summed E-state index contributed by atoms with van der Waals surface area (Å²) in [6.07, 6.45) is 6.17. The van der Waals surface area contributed by atoms with E-state index >= 15 is 0 Å². The largest absolute Gasteiger partial charge is 0.481 e. The number of hydrogen-bond acceptors (Lipinski definition) is 8. The first-order chi connectivity index (χ1) is 16.2. The van der Waals surface area contributed by atoms with Crippen LogP contribution in [0.4, 0.5) is 27.5 Å². The van der Waals surface area contributed by atoms with Crippen LogP contribution in [0, 0.1) is 25.1 Å². The molecule has 0 saturated carbocycles. The second kappa shape index (κ2) is 10.6. The van der Waals surface area contributed by atoms with E-state index in [0.717, 1.165) is 6.20 Å². The molecule has 0 aliphatic carbocycles. The van der Waals surface area contributed by atoms with Crippen LogP contribution >= 0.6 is 0 Å². The van der Waals surface area contributed by atoms with Crippen molar-refractivity contribution in [2.45, 2.75) is 25.2 Å². The van der Waals surface area contributed by atoms with Crippen molar-refractivity contribution in [2.75, 3.05) is 17.2 Å². The van der Waals surface area contributed by atoms with Gasteiger partial charge in [0.2, 0.25) is 11.9 Å². The smallest absolute Gasteiger partial charge is 0.264 e. The number of aryl methyl sites for hydroxylation is 1. The topological polar surface area (TPSA) is 122 Å². The fraction of sp³-hybridized carbons (Fsp3) is 0.174. The van der Waals surface area contributed by atoms with E-state index in [2.05, 4.69) is 26.5 Å². The van der Waals surface area contributed by atoms with Crippen LogP contribution in [-0.4, -0.2) is 30.9 Å². The van der Waals surface area contributed by atoms with E-state index in [1.807, 2.05) is 4.72 Å². The van der Waals surface area contributed by atoms with Crippen LogP contribution in [0.15, 0.2) is 53.6 Å². The van der Waals surface area contributed by atoms with Gasteiger partial charge in [0.25, 0.3) is 10.0 Å². The summed E-state index contributed by atoms with van der Waals surface area (Å²) in [6.45, 7) is 3.29. The normalized spacial score (nSPS) is 10.8. The first-order valence-electron chi connectivity index (χ1n) is 10.1. The van der Waals surface area contributed by atoms with Gasteiger partial charge in [-0.2, -0.15) is 4.98 Å². The second-order valence-electron chi connectivity index (χ2n) is 7.02. The fourth-order valence-corrected chi connectivity index (χ4v) is 4.11. The molecule has 3 N–H and O–H groups in total. The first-order valence-corrected chi connectivity index (χ1v) is 11.6. The van der Waals surface area contributed by atoms with E-state index in [9.17, 15) is 17.6 Å². The SMILES string of the molecule is C#CCOc1ccc(Nc2nc(Nc3ccc(C)c(S(=O)(=O)NC(=O)CC)c3)ncc2F)cc1. The number of carbonyl (C=O) groups excluding carboxylic acids is 1. The van der Waals surface area contributed by atoms with Gasteiger partial charge < -0.3 is 15.4 Å². The summed E-state index contributed by atoms with van der Waals surface area (Å²) in [5.41, 5.74) is 1.33. The summed E-state index contributed by atoms with van der Waals surface area (Å²) in [7, 11) is -4.06. The molecule has 0 spiro atoms. The third-order valence-corrected chi connectivity index (χ3v) is 6.00. The molecule has 176 valence electrons. The Morgan fingerprint density at radius 2 is 1.85 bits per heavy atom. The number of nitrogens with zero attached hydrogens (tertiary/aromatic N) is 2. The molecule has 0 aliphatic heterocycles. The summed E-state index contributed by atoms with van der Waals surface area (Å²) in [6, 6.07) is 11.2. The molecule has 0 saturated heterocycles. The minimum atomic E-state index is -4.06. The van der Waals surface area contributed by atoms with Crippen molar-refractivity contribution in [3.05, 3.63) is 60.0 Å². The zero-order chi connectivity index (χ0) is 24.7. The highest BCUT2D eigenvalue weighted by Gasteiger charge is 2.20. The minimum absolute atomic E-state index is 0.0239. The maximum atomic E-state index is 14.3. The predicted molar refractivity (Wildman–Crippen MR) is 126 cm³/mol. The molecule has 0 aliphatic rings. The number of aromatic nitrogens is 2. The van der Waals surface area contributed by atoms with E-state index in [4.69, 9.17) is 11.2 Å². The van der Waals surface area contributed by atoms with Crippen LogP contribution in [0.25, 0.3) is 0 Å². The zero-order valence-corrected chi connectivity index (χ0v) is 19.2. The quantitative estimate of drug-likeness (QED) is 0.395. The highest BCUT2D eigenvalue weighted by Crippen LogP contribution is 2.25. The third kappa shape index (κ3) is 6.20. The molecule has 0 radical (unpaired) electrons. The predicted octanol–water partition coefficient (Wildman–Crippen LogP) is 3.64. The van der Waals surface area contributed by atoms with Gasteiger partial charge in [-0.05, 0) is 48.9 Å². The van der Waals surface area contributed by atoms with E-state index in [-0.39, 0.29) is 29.7 Å². The van der Waals surface area contributed by atoms with Crippen molar-refractivity contribution in [2.24, 2.45) is 0 Å². The number of nitrogens with one attached hydrogen (secondary N) is 3. The molecule has 34 heavy (non-hydrogen) atoms. The summed E-state index contributed by atoms with van der Waals surface area (Å²) >= 11 is 0. The van der Waals surface area contributed by atoms with Gasteiger partial charge in [-0.3, -0.25) is 4.79 Å². The van der Waals surface area contributed by atoms with Crippen LogP contribution in [0.1, 0.15) is 18.9 Å².